The standard InChI is InChI=1S/C17H10ClF3N2O2/c18-12-2-1-3-13(9-12)23-15(24)14(22-16(23)25)8-10-4-6-11(7-5-10)17(19,20)21/h1-9H,(H,22,25). The van der Waals surface area contributed by atoms with Gasteiger partial charge in [-0.3, -0.25) is 4.79 Å². The second-order valence-corrected chi connectivity index (χ2v) is 5.66. The number of nitrogens with zero attached hydrogens (tertiary/aromatic N) is 1. The smallest absolute Gasteiger partial charge is 0.302 e. The molecule has 0 aromatic heterocycles. The largest absolute Gasteiger partial charge is 0.416 e. The highest BCUT2D eigenvalue weighted by Gasteiger charge is 2.35. The molecule has 25 heavy (non-hydrogen) atoms. The van der Waals surface area contributed by atoms with Crippen molar-refractivity contribution in [2.24, 2.45) is 0 Å². The molecule has 0 spiro atoms. The van der Waals surface area contributed by atoms with E-state index in [0.717, 1.165) is 17.0 Å². The van der Waals surface area contributed by atoms with Crippen LogP contribution in [0, 0.1) is 0 Å². The quantitative estimate of drug-likeness (QED) is 0.630. The molecule has 8 heteroatoms. The summed E-state index contributed by atoms with van der Waals surface area (Å²) in [6.07, 6.45) is -3.13. The van der Waals surface area contributed by atoms with E-state index in [9.17, 15) is 22.8 Å². The van der Waals surface area contributed by atoms with Crippen molar-refractivity contribution in [2.45, 2.75) is 6.18 Å². The Hall–Kier alpha value is -2.80. The number of carbonyl (C=O) groups is 2. The molecular formula is C17H10ClF3N2O2. The van der Waals surface area contributed by atoms with E-state index < -0.39 is 23.7 Å². The number of imide groups is 1. The molecule has 1 heterocycles. The SMILES string of the molecule is O=C1NC(=Cc2ccc(C(F)(F)F)cc2)C(=O)N1c1cccc(Cl)c1. The first-order chi connectivity index (χ1) is 11.8. The maximum Gasteiger partial charge on any atom is 0.416 e. The lowest BCUT2D eigenvalue weighted by Gasteiger charge is -2.11. The van der Waals surface area contributed by atoms with Gasteiger partial charge in [0.2, 0.25) is 0 Å². The first-order valence-corrected chi connectivity index (χ1v) is 7.43. The van der Waals surface area contributed by atoms with Crippen LogP contribution in [0.5, 0.6) is 0 Å². The fourth-order valence-corrected chi connectivity index (χ4v) is 2.50. The van der Waals surface area contributed by atoms with Gasteiger partial charge >= 0.3 is 12.2 Å². The van der Waals surface area contributed by atoms with Crippen molar-refractivity contribution >= 4 is 35.3 Å². The van der Waals surface area contributed by atoms with Gasteiger partial charge in [-0.1, -0.05) is 29.8 Å². The Morgan fingerprint density at radius 3 is 2.32 bits per heavy atom. The Kier molecular flexibility index (Phi) is 4.26. The summed E-state index contributed by atoms with van der Waals surface area (Å²) in [5.41, 5.74) is -0.183. The maximum absolute atomic E-state index is 12.6. The maximum atomic E-state index is 12.6. The van der Waals surface area contributed by atoms with Gasteiger partial charge in [0.15, 0.2) is 0 Å². The average Bonchev–Trinajstić information content (AvgIpc) is 2.81. The first-order valence-electron chi connectivity index (χ1n) is 7.06. The summed E-state index contributed by atoms with van der Waals surface area (Å²) in [6.45, 7) is 0. The minimum atomic E-state index is -4.44. The van der Waals surface area contributed by atoms with Gasteiger partial charge in [0.1, 0.15) is 5.70 Å². The Morgan fingerprint density at radius 1 is 1.04 bits per heavy atom. The predicted octanol–water partition coefficient (Wildman–Crippen LogP) is 4.46. The zero-order chi connectivity index (χ0) is 18.2. The van der Waals surface area contributed by atoms with E-state index in [4.69, 9.17) is 11.6 Å². The molecule has 1 saturated heterocycles. The van der Waals surface area contributed by atoms with Gasteiger partial charge in [-0.05, 0) is 42.0 Å². The van der Waals surface area contributed by atoms with Crippen LogP contribution >= 0.6 is 11.6 Å². The molecule has 0 unspecified atom stereocenters. The molecular weight excluding hydrogens is 357 g/mol. The van der Waals surface area contributed by atoms with Gasteiger partial charge in [-0.25, -0.2) is 9.69 Å². The molecule has 0 atom stereocenters. The topological polar surface area (TPSA) is 49.4 Å². The highest BCUT2D eigenvalue weighted by atomic mass is 35.5. The predicted molar refractivity (Wildman–Crippen MR) is 86.9 cm³/mol. The average molecular weight is 367 g/mol. The number of hydrogen-bond donors (Lipinski definition) is 1. The number of alkyl halides is 3. The third-order valence-electron chi connectivity index (χ3n) is 3.49. The number of carbonyl (C=O) groups excluding carboxylic acids is 2. The van der Waals surface area contributed by atoms with Crippen LogP contribution in [0.3, 0.4) is 0 Å². The number of halogens is 4. The lowest BCUT2D eigenvalue weighted by molar-refractivity contribution is -0.137. The second-order valence-electron chi connectivity index (χ2n) is 5.23. The molecule has 2 aromatic rings. The fraction of sp³-hybridized carbons (Fsp3) is 0.0588. The van der Waals surface area contributed by atoms with Gasteiger partial charge in [0.05, 0.1) is 11.3 Å². The normalized spacial score (nSPS) is 16.5. The molecule has 0 saturated carbocycles. The van der Waals surface area contributed by atoms with E-state index in [1.807, 2.05) is 0 Å². The Bertz CT molecular complexity index is 876. The molecule has 3 rings (SSSR count). The van der Waals surface area contributed by atoms with E-state index >= 15 is 0 Å². The molecule has 128 valence electrons. The van der Waals surface area contributed by atoms with E-state index in [1.54, 1.807) is 18.2 Å². The zero-order valence-corrected chi connectivity index (χ0v) is 13.2. The molecule has 3 amide bonds. The summed E-state index contributed by atoms with van der Waals surface area (Å²) in [6, 6.07) is 9.78. The summed E-state index contributed by atoms with van der Waals surface area (Å²) in [4.78, 5) is 25.4. The molecule has 1 aliphatic rings. The Morgan fingerprint density at radius 2 is 1.72 bits per heavy atom. The molecule has 0 radical (unpaired) electrons. The van der Waals surface area contributed by atoms with Crippen LogP contribution in [0.4, 0.5) is 23.7 Å². The van der Waals surface area contributed by atoms with Gasteiger partial charge < -0.3 is 5.32 Å². The van der Waals surface area contributed by atoms with E-state index in [1.165, 1.54) is 24.3 Å². The molecule has 0 bridgehead atoms. The van der Waals surface area contributed by atoms with Crippen LogP contribution in [0.15, 0.2) is 54.2 Å². The minimum absolute atomic E-state index is 0.0373. The van der Waals surface area contributed by atoms with Gasteiger partial charge in [0, 0.05) is 5.02 Å². The summed E-state index contributed by atoms with van der Waals surface area (Å²) in [5.74, 6) is -0.618. The summed E-state index contributed by atoms with van der Waals surface area (Å²) in [7, 11) is 0. The zero-order valence-electron chi connectivity index (χ0n) is 12.5. The number of anilines is 1. The lowest BCUT2D eigenvalue weighted by Crippen LogP contribution is -2.30. The number of nitrogens with one attached hydrogen (secondary N) is 1. The van der Waals surface area contributed by atoms with Crippen LogP contribution in [-0.2, 0) is 11.0 Å². The highest BCUT2D eigenvalue weighted by molar-refractivity contribution is 6.32. The van der Waals surface area contributed by atoms with Crippen molar-refractivity contribution in [3.8, 4) is 0 Å². The molecule has 0 aliphatic carbocycles. The van der Waals surface area contributed by atoms with Crippen molar-refractivity contribution in [3.63, 3.8) is 0 Å². The minimum Gasteiger partial charge on any atom is -0.302 e. The number of rotatable bonds is 2. The van der Waals surface area contributed by atoms with Crippen molar-refractivity contribution in [1.82, 2.24) is 5.32 Å². The monoisotopic (exact) mass is 366 g/mol. The molecule has 4 nitrogen and oxygen atoms in total. The highest BCUT2D eigenvalue weighted by Crippen LogP contribution is 2.30. The van der Waals surface area contributed by atoms with E-state index in [2.05, 4.69) is 5.32 Å². The number of urea groups is 1. The van der Waals surface area contributed by atoms with Gasteiger partial charge in [-0.15, -0.1) is 0 Å². The Labute approximate surface area is 145 Å². The van der Waals surface area contributed by atoms with Crippen molar-refractivity contribution < 1.29 is 22.8 Å². The summed E-state index contributed by atoms with van der Waals surface area (Å²) >= 11 is 5.86. The van der Waals surface area contributed by atoms with Crippen molar-refractivity contribution in [1.29, 1.82) is 0 Å². The van der Waals surface area contributed by atoms with Crippen LogP contribution in [0.25, 0.3) is 6.08 Å². The summed E-state index contributed by atoms with van der Waals surface area (Å²) < 4.78 is 37.7. The molecule has 1 aliphatic heterocycles. The van der Waals surface area contributed by atoms with Crippen LogP contribution in [-0.4, -0.2) is 11.9 Å². The lowest BCUT2D eigenvalue weighted by atomic mass is 10.1. The molecule has 1 fully saturated rings. The van der Waals surface area contributed by atoms with Gasteiger partial charge in [0.25, 0.3) is 5.91 Å². The Balaban J connectivity index is 1.88. The van der Waals surface area contributed by atoms with Crippen LogP contribution in [0.2, 0.25) is 5.02 Å². The number of amides is 3. The van der Waals surface area contributed by atoms with Crippen molar-refractivity contribution in [3.05, 3.63) is 70.4 Å². The van der Waals surface area contributed by atoms with E-state index in [-0.39, 0.29) is 5.70 Å². The van der Waals surface area contributed by atoms with Crippen molar-refractivity contribution in [2.75, 3.05) is 4.90 Å². The molecule has 1 N–H and O–H groups in total. The van der Waals surface area contributed by atoms with E-state index in [0.29, 0.717) is 16.3 Å². The first kappa shape index (κ1) is 17.0. The third kappa shape index (κ3) is 3.51. The molecule has 2 aromatic carbocycles. The third-order valence-corrected chi connectivity index (χ3v) is 3.73. The van der Waals surface area contributed by atoms with Crippen LogP contribution < -0.4 is 10.2 Å². The fourth-order valence-electron chi connectivity index (χ4n) is 2.32. The number of hydrogen-bond acceptors (Lipinski definition) is 2. The second kappa shape index (κ2) is 6.25. The van der Waals surface area contributed by atoms with Crippen LogP contribution in [0.1, 0.15) is 11.1 Å². The number of benzene rings is 2. The van der Waals surface area contributed by atoms with Gasteiger partial charge in [-0.2, -0.15) is 13.2 Å². The summed E-state index contributed by atoms with van der Waals surface area (Å²) in [5, 5.41) is 2.76.